The van der Waals surface area contributed by atoms with Crippen molar-refractivity contribution in [3.05, 3.63) is 59.4 Å². The maximum atomic E-state index is 13.1. The molecule has 2 aromatic rings. The molecule has 4 nitrogen and oxygen atoms in total. The van der Waals surface area contributed by atoms with Gasteiger partial charge in [0.2, 0.25) is 0 Å². The number of β-amino-alcohol motifs (C(OH)–C–C–N with tert-alkyl or cyclic N) is 1. The fourth-order valence-electron chi connectivity index (χ4n) is 3.62. The zero-order valence-corrected chi connectivity index (χ0v) is 19.5. The average Bonchev–Trinajstić information content (AvgIpc) is 2.67. The van der Waals surface area contributed by atoms with Crippen molar-refractivity contribution in [2.75, 3.05) is 44.2 Å². The summed E-state index contributed by atoms with van der Waals surface area (Å²) in [6, 6.07) is 12.9. The standard InChI is InChI=1S/C23H31FN2O2.2ClH/c1-17(2)22-9-4-18(3)14-23(22)28-16-21(27)15-25-10-12-26(13-11-25)20-7-5-19(24)6-8-20;;/h4-9,14,17,21,27H,10-13,15-16H2,1-3H3;2*1H. The summed E-state index contributed by atoms with van der Waals surface area (Å²) in [7, 11) is 0. The molecule has 3 rings (SSSR count). The van der Waals surface area contributed by atoms with E-state index in [9.17, 15) is 9.50 Å². The molecule has 2 aromatic carbocycles. The van der Waals surface area contributed by atoms with Crippen molar-refractivity contribution >= 4 is 30.5 Å². The summed E-state index contributed by atoms with van der Waals surface area (Å²) >= 11 is 0. The van der Waals surface area contributed by atoms with E-state index in [4.69, 9.17) is 4.74 Å². The lowest BCUT2D eigenvalue weighted by atomic mass is 10.0. The summed E-state index contributed by atoms with van der Waals surface area (Å²) in [6.45, 7) is 10.7. The Labute approximate surface area is 191 Å². The Bertz CT molecular complexity index is 766. The normalized spacial score (nSPS) is 15.3. The predicted octanol–water partition coefficient (Wildman–Crippen LogP) is 4.66. The molecule has 1 atom stereocenters. The van der Waals surface area contributed by atoms with Gasteiger partial charge in [-0.2, -0.15) is 0 Å². The molecule has 1 aliphatic heterocycles. The molecule has 0 bridgehead atoms. The van der Waals surface area contributed by atoms with Gasteiger partial charge in [0.25, 0.3) is 0 Å². The van der Waals surface area contributed by atoms with E-state index >= 15 is 0 Å². The van der Waals surface area contributed by atoms with Crippen molar-refractivity contribution in [3.63, 3.8) is 0 Å². The Kier molecular flexibility index (Phi) is 10.9. The fraction of sp³-hybridized carbons (Fsp3) is 0.478. The molecule has 1 heterocycles. The third-order valence-electron chi connectivity index (χ3n) is 5.26. The summed E-state index contributed by atoms with van der Waals surface area (Å²) < 4.78 is 19.0. The van der Waals surface area contributed by atoms with E-state index in [-0.39, 0.29) is 30.6 Å². The number of benzene rings is 2. The zero-order chi connectivity index (χ0) is 20.1. The first-order chi connectivity index (χ1) is 13.4. The molecule has 30 heavy (non-hydrogen) atoms. The Hall–Kier alpha value is -1.53. The van der Waals surface area contributed by atoms with Crippen LogP contribution in [0.5, 0.6) is 5.75 Å². The van der Waals surface area contributed by atoms with Gasteiger partial charge < -0.3 is 14.7 Å². The molecule has 0 aliphatic carbocycles. The molecule has 0 amide bonds. The maximum absolute atomic E-state index is 13.1. The van der Waals surface area contributed by atoms with Crippen LogP contribution in [-0.4, -0.2) is 55.4 Å². The number of anilines is 1. The lowest BCUT2D eigenvalue weighted by Crippen LogP contribution is -2.49. The lowest BCUT2D eigenvalue weighted by molar-refractivity contribution is 0.0659. The van der Waals surface area contributed by atoms with Crippen LogP contribution < -0.4 is 9.64 Å². The van der Waals surface area contributed by atoms with Gasteiger partial charge in [0.05, 0.1) is 0 Å². The Morgan fingerprint density at radius 1 is 1.00 bits per heavy atom. The first kappa shape index (κ1) is 26.5. The van der Waals surface area contributed by atoms with Gasteiger partial charge >= 0.3 is 0 Å². The molecule has 1 N–H and O–H groups in total. The molecule has 1 aliphatic rings. The quantitative estimate of drug-likeness (QED) is 0.653. The number of nitrogens with zero attached hydrogens (tertiary/aromatic N) is 2. The molecule has 0 aromatic heterocycles. The highest BCUT2D eigenvalue weighted by Crippen LogP contribution is 2.27. The van der Waals surface area contributed by atoms with E-state index in [2.05, 4.69) is 35.8 Å². The minimum Gasteiger partial charge on any atom is -0.491 e. The zero-order valence-electron chi connectivity index (χ0n) is 17.9. The largest absolute Gasteiger partial charge is 0.491 e. The first-order valence-corrected chi connectivity index (χ1v) is 10.1. The van der Waals surface area contributed by atoms with Gasteiger partial charge in [-0.15, -0.1) is 24.8 Å². The predicted molar refractivity (Wildman–Crippen MR) is 126 cm³/mol. The van der Waals surface area contributed by atoms with E-state index in [0.29, 0.717) is 19.1 Å². The van der Waals surface area contributed by atoms with Crippen LogP contribution in [0, 0.1) is 12.7 Å². The van der Waals surface area contributed by atoms with E-state index < -0.39 is 6.10 Å². The summed E-state index contributed by atoms with van der Waals surface area (Å²) in [5.74, 6) is 1.04. The highest BCUT2D eigenvalue weighted by Gasteiger charge is 2.20. The van der Waals surface area contributed by atoms with Crippen LogP contribution in [0.15, 0.2) is 42.5 Å². The Balaban J connectivity index is 0.00000225. The van der Waals surface area contributed by atoms with Crippen LogP contribution in [0.2, 0.25) is 0 Å². The molecule has 1 fully saturated rings. The van der Waals surface area contributed by atoms with Crippen LogP contribution in [0.1, 0.15) is 30.9 Å². The number of hydrogen-bond donors (Lipinski definition) is 1. The Morgan fingerprint density at radius 3 is 2.23 bits per heavy atom. The van der Waals surface area contributed by atoms with E-state index in [1.807, 2.05) is 25.1 Å². The van der Waals surface area contributed by atoms with Crippen LogP contribution in [0.25, 0.3) is 0 Å². The van der Waals surface area contributed by atoms with Crippen molar-refractivity contribution < 1.29 is 14.2 Å². The van der Waals surface area contributed by atoms with Gasteiger partial charge in [-0.25, -0.2) is 4.39 Å². The third-order valence-corrected chi connectivity index (χ3v) is 5.26. The van der Waals surface area contributed by atoms with Gasteiger partial charge in [0.1, 0.15) is 24.3 Å². The van der Waals surface area contributed by atoms with Crippen molar-refractivity contribution in [3.8, 4) is 5.75 Å². The molecule has 168 valence electrons. The fourth-order valence-corrected chi connectivity index (χ4v) is 3.62. The molecule has 0 radical (unpaired) electrons. The van der Waals surface area contributed by atoms with Crippen molar-refractivity contribution in [2.45, 2.75) is 32.8 Å². The third kappa shape index (κ3) is 7.31. The van der Waals surface area contributed by atoms with Crippen LogP contribution in [0.4, 0.5) is 10.1 Å². The second kappa shape index (κ2) is 12.4. The van der Waals surface area contributed by atoms with Gasteiger partial charge in [0, 0.05) is 38.4 Å². The van der Waals surface area contributed by atoms with Crippen molar-refractivity contribution in [1.29, 1.82) is 0 Å². The average molecular weight is 459 g/mol. The molecular weight excluding hydrogens is 426 g/mol. The van der Waals surface area contributed by atoms with Crippen LogP contribution in [0.3, 0.4) is 0 Å². The number of rotatable bonds is 7. The molecule has 1 saturated heterocycles. The van der Waals surface area contributed by atoms with Crippen LogP contribution >= 0.6 is 24.8 Å². The van der Waals surface area contributed by atoms with E-state index in [1.54, 1.807) is 0 Å². The van der Waals surface area contributed by atoms with Crippen molar-refractivity contribution in [1.82, 2.24) is 4.90 Å². The molecular formula is C23H33Cl2FN2O2. The minimum atomic E-state index is -0.530. The number of aliphatic hydroxyl groups excluding tert-OH is 1. The number of halogens is 3. The van der Waals surface area contributed by atoms with Crippen LogP contribution in [-0.2, 0) is 0 Å². The first-order valence-electron chi connectivity index (χ1n) is 10.1. The molecule has 0 saturated carbocycles. The summed E-state index contributed by atoms with van der Waals surface area (Å²) in [5, 5.41) is 10.5. The van der Waals surface area contributed by atoms with Gasteiger partial charge in [0.15, 0.2) is 0 Å². The molecule has 0 spiro atoms. The van der Waals surface area contributed by atoms with Gasteiger partial charge in [-0.05, 0) is 54.3 Å². The number of ether oxygens (including phenoxy) is 1. The number of hydrogen-bond acceptors (Lipinski definition) is 4. The highest BCUT2D eigenvalue weighted by molar-refractivity contribution is 5.85. The molecule has 1 unspecified atom stereocenters. The smallest absolute Gasteiger partial charge is 0.123 e. The van der Waals surface area contributed by atoms with Gasteiger partial charge in [-0.1, -0.05) is 26.0 Å². The Morgan fingerprint density at radius 2 is 1.63 bits per heavy atom. The van der Waals surface area contributed by atoms with Gasteiger partial charge in [-0.3, -0.25) is 4.90 Å². The lowest BCUT2D eigenvalue weighted by Gasteiger charge is -2.36. The number of piperazine rings is 1. The van der Waals surface area contributed by atoms with Crippen molar-refractivity contribution in [2.24, 2.45) is 0 Å². The second-order valence-corrected chi connectivity index (χ2v) is 7.92. The maximum Gasteiger partial charge on any atom is 0.123 e. The number of aliphatic hydroxyl groups is 1. The summed E-state index contributed by atoms with van der Waals surface area (Å²) in [6.07, 6.45) is -0.530. The second-order valence-electron chi connectivity index (χ2n) is 7.92. The summed E-state index contributed by atoms with van der Waals surface area (Å²) in [5.41, 5.74) is 3.38. The number of aryl methyl sites for hydroxylation is 1. The van der Waals surface area contributed by atoms with E-state index in [1.165, 1.54) is 17.7 Å². The molecule has 7 heteroatoms. The van der Waals surface area contributed by atoms with E-state index in [0.717, 1.165) is 43.2 Å². The SMILES string of the molecule is Cc1ccc(C(C)C)c(OCC(O)CN2CCN(c3ccc(F)cc3)CC2)c1.Cl.Cl. The highest BCUT2D eigenvalue weighted by atomic mass is 35.5. The monoisotopic (exact) mass is 458 g/mol. The summed E-state index contributed by atoms with van der Waals surface area (Å²) in [4.78, 5) is 4.51. The minimum absolute atomic E-state index is 0. The topological polar surface area (TPSA) is 35.9 Å².